The Morgan fingerprint density at radius 2 is 1.91 bits per heavy atom. The van der Waals surface area contributed by atoms with Gasteiger partial charge in [-0.15, -0.1) is 0 Å². The van der Waals surface area contributed by atoms with Crippen LogP contribution in [-0.4, -0.2) is 27.6 Å². The van der Waals surface area contributed by atoms with Gasteiger partial charge in [0.2, 0.25) is 0 Å². The van der Waals surface area contributed by atoms with Gasteiger partial charge in [-0.1, -0.05) is 29.8 Å². The Labute approximate surface area is 189 Å². The molecule has 4 aromatic rings. The zero-order valence-corrected chi connectivity index (χ0v) is 17.9. The largest absolute Gasteiger partial charge is 0.497 e. The van der Waals surface area contributed by atoms with E-state index >= 15 is 0 Å². The van der Waals surface area contributed by atoms with Gasteiger partial charge in [0, 0.05) is 5.56 Å². The Bertz CT molecular complexity index is 1390. The normalized spacial score (nSPS) is 11.6. The number of rotatable bonds is 4. The number of carbonyl (C=O) groups is 1. The van der Waals surface area contributed by atoms with Crippen LogP contribution in [0.15, 0.2) is 48.5 Å². The molecule has 33 heavy (non-hydrogen) atoms. The van der Waals surface area contributed by atoms with E-state index in [4.69, 9.17) is 16.3 Å². The van der Waals surface area contributed by atoms with Crippen molar-refractivity contribution in [2.45, 2.75) is 13.1 Å². The van der Waals surface area contributed by atoms with E-state index in [9.17, 15) is 22.4 Å². The number of hydrogen-bond donors (Lipinski definition) is 1. The van der Waals surface area contributed by atoms with E-state index in [-0.39, 0.29) is 17.0 Å². The highest BCUT2D eigenvalue weighted by atomic mass is 35.5. The third kappa shape index (κ3) is 4.34. The maximum Gasteiger partial charge on any atom is 0.433 e. The molecule has 1 N–H and O–H groups in total. The van der Waals surface area contributed by atoms with Gasteiger partial charge < -0.3 is 10.1 Å². The maximum absolute atomic E-state index is 14.0. The summed E-state index contributed by atoms with van der Waals surface area (Å²) < 4.78 is 61.1. The van der Waals surface area contributed by atoms with Gasteiger partial charge in [-0.25, -0.2) is 13.9 Å². The number of ether oxygens (including phenoxy) is 1. The van der Waals surface area contributed by atoms with Crippen LogP contribution in [0, 0.1) is 12.7 Å². The first kappa shape index (κ1) is 22.5. The molecule has 0 unspecified atom stereocenters. The summed E-state index contributed by atoms with van der Waals surface area (Å²) in [6.45, 7) is 1.69. The average molecular weight is 479 g/mol. The van der Waals surface area contributed by atoms with E-state index in [2.05, 4.69) is 15.4 Å². The summed E-state index contributed by atoms with van der Waals surface area (Å²) in [5.41, 5.74) is -1.30. The zero-order chi connectivity index (χ0) is 23.9. The number of fused-ring (bicyclic) bond motifs is 1. The summed E-state index contributed by atoms with van der Waals surface area (Å²) in [5.74, 6) is -1.28. The minimum atomic E-state index is -4.83. The van der Waals surface area contributed by atoms with Crippen LogP contribution in [0.25, 0.3) is 16.9 Å². The van der Waals surface area contributed by atoms with Crippen LogP contribution >= 0.6 is 11.6 Å². The first-order valence-corrected chi connectivity index (χ1v) is 9.84. The Morgan fingerprint density at radius 1 is 1.15 bits per heavy atom. The standard InChI is InChI=1S/C22H15ClF4N4O2/c1-11-6-7-14(24)16(8-11)29-21(32)19-18(23)20-28-15(12-4-3-5-13(9-12)33-2)10-17(22(25,26)27)31(20)30-19/h3-10H,1-2H3,(H,29,32). The lowest BCUT2D eigenvalue weighted by Crippen LogP contribution is -2.16. The number of amides is 1. The predicted molar refractivity (Wildman–Crippen MR) is 114 cm³/mol. The van der Waals surface area contributed by atoms with Crippen LogP contribution in [0.5, 0.6) is 5.75 Å². The number of halogens is 5. The number of methoxy groups -OCH3 is 1. The molecule has 0 radical (unpaired) electrons. The van der Waals surface area contributed by atoms with Crippen molar-refractivity contribution < 1.29 is 27.1 Å². The second kappa shape index (κ2) is 8.36. The van der Waals surface area contributed by atoms with Gasteiger partial charge in [-0.3, -0.25) is 4.79 Å². The fraction of sp³-hybridized carbons (Fsp3) is 0.136. The molecule has 0 bridgehead atoms. The first-order valence-electron chi connectivity index (χ1n) is 9.47. The summed E-state index contributed by atoms with van der Waals surface area (Å²) in [6.07, 6.45) is -4.83. The average Bonchev–Trinajstić information content (AvgIpc) is 3.11. The van der Waals surface area contributed by atoms with Gasteiger partial charge >= 0.3 is 6.18 Å². The number of anilines is 1. The third-order valence-electron chi connectivity index (χ3n) is 4.77. The van der Waals surface area contributed by atoms with Crippen molar-refractivity contribution in [1.82, 2.24) is 14.6 Å². The van der Waals surface area contributed by atoms with Gasteiger partial charge in [0.15, 0.2) is 17.0 Å². The van der Waals surface area contributed by atoms with E-state index < -0.39 is 34.3 Å². The molecule has 2 heterocycles. The lowest BCUT2D eigenvalue weighted by molar-refractivity contribution is -0.142. The number of carbonyl (C=O) groups excluding carboxylic acids is 1. The van der Waals surface area contributed by atoms with E-state index in [0.717, 1.165) is 12.1 Å². The van der Waals surface area contributed by atoms with Gasteiger partial charge in [0.05, 0.1) is 18.5 Å². The molecule has 2 aromatic heterocycles. The highest BCUT2D eigenvalue weighted by Crippen LogP contribution is 2.35. The number of alkyl halides is 3. The van der Waals surface area contributed by atoms with Crippen molar-refractivity contribution >= 4 is 28.8 Å². The van der Waals surface area contributed by atoms with E-state index in [1.54, 1.807) is 25.1 Å². The summed E-state index contributed by atoms with van der Waals surface area (Å²) in [6, 6.07) is 11.1. The molecule has 6 nitrogen and oxygen atoms in total. The van der Waals surface area contributed by atoms with Crippen LogP contribution in [0.4, 0.5) is 23.2 Å². The molecular formula is C22H15ClF4N4O2. The summed E-state index contributed by atoms with van der Waals surface area (Å²) in [7, 11) is 1.42. The fourth-order valence-electron chi connectivity index (χ4n) is 3.19. The van der Waals surface area contributed by atoms with Crippen molar-refractivity contribution in [2.24, 2.45) is 0 Å². The van der Waals surface area contributed by atoms with Crippen LogP contribution in [0.1, 0.15) is 21.7 Å². The summed E-state index contributed by atoms with van der Waals surface area (Å²) >= 11 is 6.24. The van der Waals surface area contributed by atoms with E-state index in [0.29, 0.717) is 21.4 Å². The van der Waals surface area contributed by atoms with E-state index in [1.807, 2.05) is 0 Å². The second-order valence-corrected chi connectivity index (χ2v) is 7.47. The molecule has 0 aliphatic rings. The van der Waals surface area contributed by atoms with Crippen LogP contribution in [0.3, 0.4) is 0 Å². The number of aryl methyl sites for hydroxylation is 1. The molecule has 2 aromatic carbocycles. The topological polar surface area (TPSA) is 68.5 Å². The fourth-order valence-corrected chi connectivity index (χ4v) is 3.43. The van der Waals surface area contributed by atoms with Gasteiger partial charge in [0.1, 0.15) is 16.6 Å². The monoisotopic (exact) mass is 478 g/mol. The number of nitrogens with one attached hydrogen (secondary N) is 1. The number of nitrogens with zero attached hydrogens (tertiary/aromatic N) is 3. The van der Waals surface area contributed by atoms with Gasteiger partial charge in [-0.05, 0) is 42.8 Å². The highest BCUT2D eigenvalue weighted by Gasteiger charge is 2.36. The molecule has 11 heteroatoms. The summed E-state index contributed by atoms with van der Waals surface area (Å²) in [4.78, 5) is 16.9. The molecule has 0 saturated carbocycles. The third-order valence-corrected chi connectivity index (χ3v) is 5.12. The van der Waals surface area contributed by atoms with E-state index in [1.165, 1.54) is 25.3 Å². The second-order valence-electron chi connectivity index (χ2n) is 7.09. The Balaban J connectivity index is 1.86. The van der Waals surface area contributed by atoms with Crippen molar-refractivity contribution in [3.63, 3.8) is 0 Å². The van der Waals surface area contributed by atoms with Crippen molar-refractivity contribution in [3.05, 3.63) is 76.3 Å². The maximum atomic E-state index is 14.0. The van der Waals surface area contributed by atoms with Crippen molar-refractivity contribution in [3.8, 4) is 17.0 Å². The Hall–Kier alpha value is -3.66. The quantitative estimate of drug-likeness (QED) is 0.378. The molecule has 4 rings (SSSR count). The van der Waals surface area contributed by atoms with Crippen LogP contribution in [-0.2, 0) is 6.18 Å². The Kier molecular flexibility index (Phi) is 5.71. The molecule has 0 aliphatic heterocycles. The molecule has 1 amide bonds. The minimum absolute atomic E-state index is 0.0489. The minimum Gasteiger partial charge on any atom is -0.497 e. The number of aromatic nitrogens is 3. The molecule has 170 valence electrons. The molecule has 0 aliphatic carbocycles. The summed E-state index contributed by atoms with van der Waals surface area (Å²) in [5, 5.41) is 5.62. The van der Waals surface area contributed by atoms with Crippen LogP contribution in [0.2, 0.25) is 5.02 Å². The van der Waals surface area contributed by atoms with Crippen molar-refractivity contribution in [1.29, 1.82) is 0 Å². The lowest BCUT2D eigenvalue weighted by Gasteiger charge is -2.11. The highest BCUT2D eigenvalue weighted by molar-refractivity contribution is 6.37. The molecule has 0 spiro atoms. The SMILES string of the molecule is COc1cccc(-c2cc(C(F)(F)F)n3nc(C(=O)Nc4cc(C)ccc4F)c(Cl)c3n2)c1. The molecule has 0 atom stereocenters. The zero-order valence-electron chi connectivity index (χ0n) is 17.2. The molecule has 0 saturated heterocycles. The lowest BCUT2D eigenvalue weighted by atomic mass is 10.1. The van der Waals surface area contributed by atoms with Crippen molar-refractivity contribution in [2.75, 3.05) is 12.4 Å². The number of hydrogen-bond acceptors (Lipinski definition) is 4. The Morgan fingerprint density at radius 3 is 2.61 bits per heavy atom. The molecular weight excluding hydrogens is 464 g/mol. The van der Waals surface area contributed by atoms with Crippen LogP contribution < -0.4 is 10.1 Å². The van der Waals surface area contributed by atoms with Gasteiger partial charge in [-0.2, -0.15) is 18.3 Å². The number of benzene rings is 2. The van der Waals surface area contributed by atoms with Gasteiger partial charge in [0.25, 0.3) is 5.91 Å². The smallest absolute Gasteiger partial charge is 0.433 e. The predicted octanol–water partition coefficient (Wildman–Crippen LogP) is 5.78. The first-order chi connectivity index (χ1) is 15.6. The molecule has 0 fully saturated rings.